The molecule has 5 rings (SSSR count). The third kappa shape index (κ3) is 4.24. The molecule has 8 heteroatoms. The molecule has 7 nitrogen and oxygen atoms in total. The van der Waals surface area contributed by atoms with Crippen LogP contribution in [0.1, 0.15) is 18.9 Å². The highest BCUT2D eigenvalue weighted by Crippen LogP contribution is 2.35. The topological polar surface area (TPSA) is 65.2 Å². The van der Waals surface area contributed by atoms with Crippen LogP contribution < -0.4 is 10.3 Å². The molecule has 0 atom stereocenters. The van der Waals surface area contributed by atoms with Gasteiger partial charge in [0.2, 0.25) is 0 Å². The molecule has 1 aliphatic rings. The van der Waals surface area contributed by atoms with Crippen LogP contribution in [0, 0.1) is 5.82 Å². The van der Waals surface area contributed by atoms with Crippen molar-refractivity contribution in [2.24, 2.45) is 7.05 Å². The number of piperidine rings is 1. The molecule has 0 unspecified atom stereocenters. The van der Waals surface area contributed by atoms with E-state index >= 15 is 0 Å². The summed E-state index contributed by atoms with van der Waals surface area (Å²) in [5.74, 6) is 0.275. The van der Waals surface area contributed by atoms with Gasteiger partial charge in [0.05, 0.1) is 23.0 Å². The molecule has 174 valence electrons. The third-order valence-electron chi connectivity index (χ3n) is 6.29. The molecule has 0 spiro atoms. The molecule has 1 saturated heterocycles. The lowest BCUT2D eigenvalue weighted by molar-refractivity contribution is 0.203. The lowest BCUT2D eigenvalue weighted by Gasteiger charge is -2.31. The number of para-hydroxylation sites is 1. The van der Waals surface area contributed by atoms with Crippen LogP contribution in [0.5, 0.6) is 11.8 Å². The van der Waals surface area contributed by atoms with E-state index < -0.39 is 0 Å². The first-order chi connectivity index (χ1) is 16.5. The zero-order valence-corrected chi connectivity index (χ0v) is 19.2. The minimum Gasteiger partial charge on any atom is -0.424 e. The van der Waals surface area contributed by atoms with Crippen molar-refractivity contribution in [1.29, 1.82) is 0 Å². The van der Waals surface area contributed by atoms with Gasteiger partial charge in [-0.1, -0.05) is 30.3 Å². The lowest BCUT2D eigenvalue weighted by Crippen LogP contribution is -2.34. The summed E-state index contributed by atoms with van der Waals surface area (Å²) in [7, 11) is 3.88. The van der Waals surface area contributed by atoms with Crippen molar-refractivity contribution in [3.8, 4) is 34.3 Å². The second-order valence-corrected chi connectivity index (χ2v) is 8.58. The fourth-order valence-corrected chi connectivity index (χ4v) is 4.53. The van der Waals surface area contributed by atoms with Crippen LogP contribution >= 0.6 is 0 Å². The van der Waals surface area contributed by atoms with Crippen LogP contribution in [0.3, 0.4) is 0 Å². The second-order valence-electron chi connectivity index (χ2n) is 8.58. The van der Waals surface area contributed by atoms with E-state index in [1.54, 1.807) is 36.1 Å². The quantitative estimate of drug-likeness (QED) is 0.439. The molecule has 0 saturated carbocycles. The fraction of sp³-hybridized carbons (Fsp3) is 0.269. The predicted molar refractivity (Wildman–Crippen MR) is 128 cm³/mol. The van der Waals surface area contributed by atoms with Gasteiger partial charge in [0.25, 0.3) is 5.56 Å². The van der Waals surface area contributed by atoms with Gasteiger partial charge in [-0.25, -0.2) is 9.37 Å². The van der Waals surface area contributed by atoms with E-state index in [4.69, 9.17) is 4.74 Å². The van der Waals surface area contributed by atoms with Crippen molar-refractivity contribution in [2.75, 3.05) is 20.1 Å². The van der Waals surface area contributed by atoms with Crippen LogP contribution in [0.4, 0.5) is 4.39 Å². The highest BCUT2D eigenvalue weighted by molar-refractivity contribution is 5.79. The Balaban J connectivity index is 1.67. The monoisotopic (exact) mass is 459 g/mol. The molecule has 1 fully saturated rings. The minimum absolute atomic E-state index is 0.131. The standard InChI is InChI=1S/C26H26FN5O2/c1-30-16-13-20(14-17-30)32-24(23(25(33)31(32)2)18-8-10-19(27)11-9-18)22-12-15-28-26(29-22)34-21-6-4-3-5-7-21/h3-12,15,20H,13-14,16-17H2,1-2H3. The van der Waals surface area contributed by atoms with Crippen LogP contribution in [0.15, 0.2) is 71.7 Å². The van der Waals surface area contributed by atoms with Gasteiger partial charge in [0.1, 0.15) is 11.6 Å². The van der Waals surface area contributed by atoms with Gasteiger partial charge in [-0.05, 0) is 68.9 Å². The van der Waals surface area contributed by atoms with Crippen molar-refractivity contribution in [1.82, 2.24) is 24.2 Å². The summed E-state index contributed by atoms with van der Waals surface area (Å²) in [6.07, 6.45) is 3.45. The summed E-state index contributed by atoms with van der Waals surface area (Å²) in [4.78, 5) is 24.7. The zero-order chi connectivity index (χ0) is 23.7. The molecule has 1 aliphatic heterocycles. The number of nitrogens with zero attached hydrogens (tertiary/aromatic N) is 5. The summed E-state index contributed by atoms with van der Waals surface area (Å²) in [5.41, 5.74) is 2.26. The SMILES string of the molecule is CN1CCC(n2c(-c3ccnc(Oc4ccccc4)n3)c(-c3ccc(F)cc3)c(=O)n2C)CC1. The van der Waals surface area contributed by atoms with Gasteiger partial charge < -0.3 is 9.64 Å². The van der Waals surface area contributed by atoms with E-state index in [0.29, 0.717) is 28.3 Å². The molecule has 0 bridgehead atoms. The summed E-state index contributed by atoms with van der Waals surface area (Å²) >= 11 is 0. The first-order valence-electron chi connectivity index (χ1n) is 11.3. The number of aromatic nitrogens is 4. The Morgan fingerprint density at radius 2 is 1.68 bits per heavy atom. The Kier molecular flexibility index (Phi) is 5.98. The normalized spacial score (nSPS) is 14.9. The molecule has 4 aromatic rings. The fourth-order valence-electron chi connectivity index (χ4n) is 4.53. The molecule has 0 amide bonds. The van der Waals surface area contributed by atoms with Crippen LogP contribution in [0.2, 0.25) is 0 Å². The molecule has 0 N–H and O–H groups in total. The van der Waals surface area contributed by atoms with Gasteiger partial charge in [0, 0.05) is 13.2 Å². The Morgan fingerprint density at radius 1 is 0.971 bits per heavy atom. The third-order valence-corrected chi connectivity index (χ3v) is 6.29. The summed E-state index contributed by atoms with van der Waals surface area (Å²) < 4.78 is 23.2. The van der Waals surface area contributed by atoms with Crippen molar-refractivity contribution in [3.63, 3.8) is 0 Å². The number of ether oxygens (including phenoxy) is 1. The van der Waals surface area contributed by atoms with Crippen molar-refractivity contribution in [2.45, 2.75) is 18.9 Å². The molecular formula is C26H26FN5O2. The van der Waals surface area contributed by atoms with Gasteiger partial charge in [-0.3, -0.25) is 14.2 Å². The molecule has 2 aromatic carbocycles. The Labute approximate surface area is 197 Å². The summed E-state index contributed by atoms with van der Waals surface area (Å²) in [6, 6.07) is 17.4. The Morgan fingerprint density at radius 3 is 2.38 bits per heavy atom. The van der Waals surface area contributed by atoms with Crippen LogP contribution in [-0.2, 0) is 7.05 Å². The molecular weight excluding hydrogens is 433 g/mol. The van der Waals surface area contributed by atoms with Gasteiger partial charge >= 0.3 is 6.01 Å². The number of hydrogen-bond acceptors (Lipinski definition) is 5. The Hall–Kier alpha value is -3.78. The summed E-state index contributed by atoms with van der Waals surface area (Å²) in [5, 5.41) is 0. The maximum atomic E-state index is 13.7. The zero-order valence-electron chi connectivity index (χ0n) is 19.2. The van der Waals surface area contributed by atoms with Crippen LogP contribution in [0.25, 0.3) is 22.5 Å². The van der Waals surface area contributed by atoms with Crippen molar-refractivity contribution >= 4 is 0 Å². The predicted octanol–water partition coefficient (Wildman–Crippen LogP) is 4.51. The van der Waals surface area contributed by atoms with E-state index in [1.807, 2.05) is 35.0 Å². The van der Waals surface area contributed by atoms with Gasteiger partial charge in [0.15, 0.2) is 0 Å². The minimum atomic E-state index is -0.350. The number of likely N-dealkylation sites (tertiary alicyclic amines) is 1. The maximum Gasteiger partial charge on any atom is 0.322 e. The molecule has 0 aliphatic carbocycles. The number of benzene rings is 2. The highest BCUT2D eigenvalue weighted by Gasteiger charge is 2.29. The molecule has 0 radical (unpaired) electrons. The van der Waals surface area contributed by atoms with Gasteiger partial charge in [-0.2, -0.15) is 4.98 Å². The van der Waals surface area contributed by atoms with Crippen molar-refractivity contribution < 1.29 is 9.13 Å². The van der Waals surface area contributed by atoms with Crippen molar-refractivity contribution in [3.05, 3.63) is 83.0 Å². The number of halogens is 1. The maximum absolute atomic E-state index is 13.7. The van der Waals surface area contributed by atoms with Crippen LogP contribution in [-0.4, -0.2) is 44.4 Å². The smallest absolute Gasteiger partial charge is 0.322 e. The van der Waals surface area contributed by atoms with E-state index in [9.17, 15) is 9.18 Å². The first-order valence-corrected chi connectivity index (χ1v) is 11.3. The second kappa shape index (κ2) is 9.23. The average molecular weight is 460 g/mol. The van der Waals surface area contributed by atoms with E-state index in [1.165, 1.54) is 12.1 Å². The first kappa shape index (κ1) is 22.0. The number of rotatable bonds is 5. The van der Waals surface area contributed by atoms with Gasteiger partial charge in [-0.15, -0.1) is 0 Å². The van der Waals surface area contributed by atoms with E-state index in [-0.39, 0.29) is 23.4 Å². The number of hydrogen-bond donors (Lipinski definition) is 0. The van der Waals surface area contributed by atoms with E-state index in [0.717, 1.165) is 25.9 Å². The Bertz CT molecular complexity index is 1340. The average Bonchev–Trinajstić information content (AvgIpc) is 3.11. The summed E-state index contributed by atoms with van der Waals surface area (Å²) in [6.45, 7) is 1.88. The van der Waals surface area contributed by atoms with E-state index in [2.05, 4.69) is 21.9 Å². The lowest BCUT2D eigenvalue weighted by atomic mass is 10.0. The molecule has 34 heavy (non-hydrogen) atoms. The highest BCUT2D eigenvalue weighted by atomic mass is 19.1. The molecule has 3 heterocycles. The largest absolute Gasteiger partial charge is 0.424 e. The molecule has 2 aromatic heterocycles.